The highest BCUT2D eigenvalue weighted by Crippen LogP contribution is 2.44. The molecule has 0 spiro atoms. The van der Waals surface area contributed by atoms with Gasteiger partial charge in [0.1, 0.15) is 0 Å². The van der Waals surface area contributed by atoms with Crippen LogP contribution in [0.3, 0.4) is 0 Å². The maximum atomic E-state index is 13.0. The molecule has 1 aromatic rings. The number of benzene rings is 1. The third-order valence-corrected chi connectivity index (χ3v) is 3.54. The Kier molecular flexibility index (Phi) is 3.33. The first-order chi connectivity index (χ1) is 8.62. The van der Waals surface area contributed by atoms with Crippen LogP contribution < -0.4 is 0 Å². The van der Waals surface area contributed by atoms with E-state index in [0.717, 1.165) is 12.1 Å². The molecule has 0 aliphatic heterocycles. The van der Waals surface area contributed by atoms with E-state index in [1.54, 1.807) is 0 Å². The van der Waals surface area contributed by atoms with Gasteiger partial charge < -0.3 is 5.11 Å². The van der Waals surface area contributed by atoms with Gasteiger partial charge in [0.25, 0.3) is 0 Å². The number of hydrogen-bond acceptors (Lipinski definition) is 1. The van der Waals surface area contributed by atoms with Crippen LogP contribution in [0.15, 0.2) is 24.3 Å². The van der Waals surface area contributed by atoms with E-state index >= 15 is 0 Å². The first-order valence-electron chi connectivity index (χ1n) is 5.90. The molecule has 1 fully saturated rings. The second-order valence-electron chi connectivity index (χ2n) is 4.97. The summed E-state index contributed by atoms with van der Waals surface area (Å²) >= 11 is 0. The molecule has 19 heavy (non-hydrogen) atoms. The van der Waals surface area contributed by atoms with Crippen molar-refractivity contribution in [2.24, 2.45) is 0 Å². The zero-order valence-corrected chi connectivity index (χ0v) is 9.97. The van der Waals surface area contributed by atoms with Gasteiger partial charge in [-0.25, -0.2) is 8.78 Å². The third-order valence-electron chi connectivity index (χ3n) is 3.54. The zero-order chi connectivity index (χ0) is 14.3. The molecule has 0 heterocycles. The van der Waals surface area contributed by atoms with Crippen LogP contribution >= 0.6 is 0 Å². The fourth-order valence-corrected chi connectivity index (χ4v) is 2.30. The van der Waals surface area contributed by atoms with Gasteiger partial charge in [0.2, 0.25) is 5.92 Å². The molecular formula is C13H13F5O. The fourth-order valence-electron chi connectivity index (χ4n) is 2.30. The Morgan fingerprint density at radius 2 is 1.58 bits per heavy atom. The third kappa shape index (κ3) is 3.05. The minimum atomic E-state index is -4.51. The lowest BCUT2D eigenvalue weighted by atomic mass is 9.78. The van der Waals surface area contributed by atoms with Crippen LogP contribution in [-0.4, -0.2) is 11.0 Å². The number of rotatable bonds is 1. The summed E-state index contributed by atoms with van der Waals surface area (Å²) < 4.78 is 63.8. The van der Waals surface area contributed by atoms with Crippen molar-refractivity contribution in [3.8, 4) is 0 Å². The lowest BCUT2D eigenvalue weighted by Gasteiger charge is -2.36. The molecule has 0 saturated heterocycles. The number of aliphatic hydroxyl groups is 1. The summed E-state index contributed by atoms with van der Waals surface area (Å²) in [5.74, 6) is -2.84. The Morgan fingerprint density at radius 1 is 1.00 bits per heavy atom. The van der Waals surface area contributed by atoms with Crippen LogP contribution in [0, 0.1) is 0 Å². The van der Waals surface area contributed by atoms with Crippen LogP contribution in [0.2, 0.25) is 0 Å². The fraction of sp³-hybridized carbons (Fsp3) is 0.538. The van der Waals surface area contributed by atoms with Gasteiger partial charge in [-0.15, -0.1) is 0 Å². The average molecular weight is 280 g/mol. The van der Waals surface area contributed by atoms with Crippen molar-refractivity contribution >= 4 is 0 Å². The Morgan fingerprint density at radius 3 is 2.11 bits per heavy atom. The van der Waals surface area contributed by atoms with E-state index in [2.05, 4.69) is 0 Å². The molecule has 106 valence electrons. The molecule has 2 rings (SSSR count). The van der Waals surface area contributed by atoms with Crippen LogP contribution in [0.1, 0.15) is 36.8 Å². The van der Waals surface area contributed by atoms with Gasteiger partial charge in [-0.2, -0.15) is 13.2 Å². The van der Waals surface area contributed by atoms with Crippen molar-refractivity contribution in [2.75, 3.05) is 0 Å². The molecule has 0 bridgehead atoms. The molecule has 1 N–H and O–H groups in total. The van der Waals surface area contributed by atoms with Crippen molar-refractivity contribution in [2.45, 2.75) is 43.4 Å². The molecule has 0 atom stereocenters. The largest absolute Gasteiger partial charge is 0.416 e. The molecule has 1 aliphatic carbocycles. The summed E-state index contributed by atoms with van der Waals surface area (Å²) in [7, 11) is 0. The Balaban J connectivity index is 2.27. The molecule has 0 aromatic heterocycles. The molecule has 6 heteroatoms. The number of alkyl halides is 5. The first-order valence-corrected chi connectivity index (χ1v) is 5.90. The Labute approximate surface area is 107 Å². The number of hydrogen-bond donors (Lipinski definition) is 1. The summed E-state index contributed by atoms with van der Waals surface area (Å²) in [5.41, 5.74) is -2.42. The quantitative estimate of drug-likeness (QED) is 0.768. The van der Waals surface area contributed by atoms with Crippen molar-refractivity contribution < 1.29 is 27.1 Å². The standard InChI is InChI=1S/C13H13F5O/c14-12(15)6-4-11(19,5-7-12)9-2-1-3-10(8-9)13(16,17)18/h1-3,8,19H,4-7H2. The van der Waals surface area contributed by atoms with Crippen molar-refractivity contribution in [1.29, 1.82) is 0 Å². The van der Waals surface area contributed by atoms with E-state index < -0.39 is 36.1 Å². The minimum Gasteiger partial charge on any atom is -0.385 e. The topological polar surface area (TPSA) is 20.2 Å². The maximum absolute atomic E-state index is 13.0. The van der Waals surface area contributed by atoms with E-state index in [9.17, 15) is 27.1 Å². The highest BCUT2D eigenvalue weighted by Gasteiger charge is 2.43. The summed E-state index contributed by atoms with van der Waals surface area (Å²) in [6.45, 7) is 0. The maximum Gasteiger partial charge on any atom is 0.416 e. The van der Waals surface area contributed by atoms with E-state index in [1.165, 1.54) is 12.1 Å². The summed E-state index contributed by atoms with van der Waals surface area (Å²) in [6.07, 6.45) is -6.01. The van der Waals surface area contributed by atoms with Crippen molar-refractivity contribution in [3.05, 3.63) is 35.4 Å². The van der Waals surface area contributed by atoms with Gasteiger partial charge in [0.15, 0.2) is 0 Å². The smallest absolute Gasteiger partial charge is 0.385 e. The summed E-state index contributed by atoms with van der Waals surface area (Å²) in [4.78, 5) is 0. The van der Waals surface area contributed by atoms with E-state index in [1.807, 2.05) is 0 Å². The second kappa shape index (κ2) is 4.44. The monoisotopic (exact) mass is 280 g/mol. The van der Waals surface area contributed by atoms with Crippen LogP contribution in [0.4, 0.5) is 22.0 Å². The lowest BCUT2D eigenvalue weighted by molar-refractivity contribution is -0.138. The molecule has 1 saturated carbocycles. The molecular weight excluding hydrogens is 267 g/mol. The lowest BCUT2D eigenvalue weighted by Crippen LogP contribution is -2.36. The summed E-state index contributed by atoms with van der Waals surface area (Å²) in [6, 6.07) is 4.26. The SMILES string of the molecule is OC1(c2cccc(C(F)(F)F)c2)CCC(F)(F)CC1. The Bertz CT molecular complexity index is 456. The number of halogens is 5. The van der Waals surface area contributed by atoms with Crippen LogP contribution in [0.25, 0.3) is 0 Å². The predicted octanol–water partition coefficient (Wildman–Crippen LogP) is 4.10. The normalized spacial score (nSPS) is 22.2. The molecule has 1 aromatic carbocycles. The molecule has 1 nitrogen and oxygen atoms in total. The van der Waals surface area contributed by atoms with Gasteiger partial charge in [-0.3, -0.25) is 0 Å². The van der Waals surface area contributed by atoms with Crippen LogP contribution in [0.5, 0.6) is 0 Å². The molecule has 1 aliphatic rings. The van der Waals surface area contributed by atoms with Gasteiger partial charge in [-0.1, -0.05) is 12.1 Å². The Hall–Kier alpha value is -1.17. The first kappa shape index (κ1) is 14.2. The van der Waals surface area contributed by atoms with Crippen molar-refractivity contribution in [3.63, 3.8) is 0 Å². The average Bonchev–Trinajstić information content (AvgIpc) is 2.33. The predicted molar refractivity (Wildman–Crippen MR) is 58.8 cm³/mol. The van der Waals surface area contributed by atoms with Crippen molar-refractivity contribution in [1.82, 2.24) is 0 Å². The van der Waals surface area contributed by atoms with Crippen LogP contribution in [-0.2, 0) is 11.8 Å². The van der Waals surface area contributed by atoms with E-state index in [4.69, 9.17) is 0 Å². The van der Waals surface area contributed by atoms with E-state index in [0.29, 0.717) is 0 Å². The van der Waals surface area contributed by atoms with Gasteiger partial charge >= 0.3 is 6.18 Å². The second-order valence-corrected chi connectivity index (χ2v) is 4.97. The van der Waals surface area contributed by atoms with Gasteiger partial charge in [-0.05, 0) is 30.5 Å². The molecule has 0 amide bonds. The highest BCUT2D eigenvalue weighted by molar-refractivity contribution is 5.30. The van der Waals surface area contributed by atoms with Gasteiger partial charge in [0.05, 0.1) is 11.2 Å². The minimum absolute atomic E-state index is 0.0535. The van der Waals surface area contributed by atoms with E-state index in [-0.39, 0.29) is 18.4 Å². The molecule has 0 radical (unpaired) electrons. The zero-order valence-electron chi connectivity index (χ0n) is 9.97. The molecule has 0 unspecified atom stereocenters. The van der Waals surface area contributed by atoms with Gasteiger partial charge in [0, 0.05) is 12.8 Å². The highest BCUT2D eigenvalue weighted by atomic mass is 19.4. The summed E-state index contributed by atoms with van der Waals surface area (Å²) in [5, 5.41) is 10.3.